The first-order valence-corrected chi connectivity index (χ1v) is 9.90. The number of amides is 2. The van der Waals surface area contributed by atoms with Crippen LogP contribution in [0.25, 0.3) is 0 Å². The molecule has 7 heteroatoms. The number of hydrogen-bond donors (Lipinski definition) is 1. The predicted molar refractivity (Wildman–Crippen MR) is 102 cm³/mol. The van der Waals surface area contributed by atoms with E-state index in [2.05, 4.69) is 12.2 Å². The average Bonchev–Trinajstić information content (AvgIpc) is 3.34. The molecule has 2 saturated heterocycles. The third-order valence-electron chi connectivity index (χ3n) is 6.31. The predicted octanol–water partition coefficient (Wildman–Crippen LogP) is 1.74. The number of nitrogens with zero attached hydrogens (tertiary/aromatic N) is 1. The van der Waals surface area contributed by atoms with E-state index in [4.69, 9.17) is 14.2 Å². The second-order valence-corrected chi connectivity index (χ2v) is 8.70. The van der Waals surface area contributed by atoms with Crippen LogP contribution in [0.3, 0.4) is 0 Å². The maximum atomic E-state index is 13.1. The molecular formula is C21H28N2O5. The molecule has 2 amide bonds. The summed E-state index contributed by atoms with van der Waals surface area (Å²) >= 11 is 0. The minimum Gasteiger partial charge on any atom is -0.454 e. The highest BCUT2D eigenvalue weighted by molar-refractivity contribution is 5.87. The van der Waals surface area contributed by atoms with E-state index >= 15 is 0 Å². The molecule has 0 aliphatic carbocycles. The first-order chi connectivity index (χ1) is 13.3. The van der Waals surface area contributed by atoms with Crippen LogP contribution in [-0.2, 0) is 20.7 Å². The van der Waals surface area contributed by atoms with E-state index < -0.39 is 5.41 Å². The molecule has 3 aliphatic heterocycles. The van der Waals surface area contributed by atoms with Gasteiger partial charge in [-0.15, -0.1) is 0 Å². The first kappa shape index (κ1) is 19.1. The fourth-order valence-corrected chi connectivity index (χ4v) is 4.10. The highest BCUT2D eigenvalue weighted by Crippen LogP contribution is 2.42. The molecule has 0 unspecified atom stereocenters. The van der Waals surface area contributed by atoms with Crippen molar-refractivity contribution >= 4 is 11.8 Å². The third-order valence-corrected chi connectivity index (χ3v) is 6.31. The molecule has 0 bridgehead atoms. The Balaban J connectivity index is 1.45. The lowest BCUT2D eigenvalue weighted by molar-refractivity contribution is -0.135. The molecule has 2 fully saturated rings. The fourth-order valence-electron chi connectivity index (χ4n) is 4.10. The number of benzene rings is 1. The molecule has 0 radical (unpaired) electrons. The lowest BCUT2D eigenvalue weighted by atomic mass is 9.79. The van der Waals surface area contributed by atoms with Crippen molar-refractivity contribution in [3.63, 3.8) is 0 Å². The van der Waals surface area contributed by atoms with Crippen LogP contribution in [0.5, 0.6) is 11.5 Å². The zero-order chi connectivity index (χ0) is 19.9. The summed E-state index contributed by atoms with van der Waals surface area (Å²) in [6.07, 6.45) is 1.12. The maximum absolute atomic E-state index is 13.1. The van der Waals surface area contributed by atoms with Crippen molar-refractivity contribution in [1.82, 2.24) is 10.2 Å². The van der Waals surface area contributed by atoms with Gasteiger partial charge in [0, 0.05) is 24.5 Å². The number of carbonyl (C=O) groups is 2. The monoisotopic (exact) mass is 388 g/mol. The van der Waals surface area contributed by atoms with Crippen LogP contribution in [-0.4, -0.2) is 55.3 Å². The van der Waals surface area contributed by atoms with Crippen LogP contribution in [0.15, 0.2) is 18.2 Å². The lowest BCUT2D eigenvalue weighted by Gasteiger charge is -2.32. The van der Waals surface area contributed by atoms with Gasteiger partial charge in [0.15, 0.2) is 11.5 Å². The van der Waals surface area contributed by atoms with E-state index in [1.165, 1.54) is 0 Å². The Kier molecular flexibility index (Phi) is 4.73. The molecule has 1 N–H and O–H groups in total. The van der Waals surface area contributed by atoms with Crippen molar-refractivity contribution in [1.29, 1.82) is 0 Å². The van der Waals surface area contributed by atoms with E-state index in [9.17, 15) is 9.59 Å². The molecule has 1 aromatic carbocycles. The highest BCUT2D eigenvalue weighted by atomic mass is 16.7. The quantitative estimate of drug-likeness (QED) is 0.831. The standard InChI is InChI=1S/C21H28N2O5/c1-4-20(2,3)22-19(25)21-11-23(9-15(21)10-26-12-21)18(24)8-14-5-6-16-17(7-14)28-13-27-16/h5-7,15H,4,8-13H2,1-3H3,(H,22,25)/t15-,21-/m1/s1. The van der Waals surface area contributed by atoms with Gasteiger partial charge in [0.25, 0.3) is 0 Å². The molecule has 28 heavy (non-hydrogen) atoms. The molecule has 7 nitrogen and oxygen atoms in total. The summed E-state index contributed by atoms with van der Waals surface area (Å²) in [5, 5.41) is 3.16. The summed E-state index contributed by atoms with van der Waals surface area (Å²) in [4.78, 5) is 27.9. The number of nitrogens with one attached hydrogen (secondary N) is 1. The van der Waals surface area contributed by atoms with E-state index in [-0.39, 0.29) is 36.5 Å². The van der Waals surface area contributed by atoms with Crippen molar-refractivity contribution < 1.29 is 23.8 Å². The van der Waals surface area contributed by atoms with Gasteiger partial charge in [-0.1, -0.05) is 13.0 Å². The molecule has 1 aromatic rings. The fraction of sp³-hybridized carbons (Fsp3) is 0.619. The minimum absolute atomic E-state index is 0.000213. The molecule has 152 valence electrons. The number of ether oxygens (including phenoxy) is 3. The highest BCUT2D eigenvalue weighted by Gasteiger charge is 2.57. The Bertz CT molecular complexity index is 793. The molecule has 3 heterocycles. The number of fused-ring (bicyclic) bond motifs is 2. The van der Waals surface area contributed by atoms with Gasteiger partial charge < -0.3 is 24.4 Å². The summed E-state index contributed by atoms with van der Waals surface area (Å²) < 4.78 is 16.4. The van der Waals surface area contributed by atoms with Crippen LogP contribution in [0, 0.1) is 11.3 Å². The van der Waals surface area contributed by atoms with Crippen LogP contribution >= 0.6 is 0 Å². The summed E-state index contributed by atoms with van der Waals surface area (Å²) in [5.74, 6) is 1.45. The second kappa shape index (κ2) is 6.95. The Morgan fingerprint density at radius 1 is 1.29 bits per heavy atom. The lowest BCUT2D eigenvalue weighted by Crippen LogP contribution is -2.53. The first-order valence-electron chi connectivity index (χ1n) is 9.90. The Hall–Kier alpha value is -2.28. The summed E-state index contributed by atoms with van der Waals surface area (Å²) in [5.41, 5.74) is -0.0342. The van der Waals surface area contributed by atoms with Gasteiger partial charge in [0.05, 0.1) is 25.0 Å². The van der Waals surface area contributed by atoms with Crippen LogP contribution < -0.4 is 14.8 Å². The van der Waals surface area contributed by atoms with Crippen molar-refractivity contribution in [3.05, 3.63) is 23.8 Å². The van der Waals surface area contributed by atoms with Crippen LogP contribution in [0.2, 0.25) is 0 Å². The number of likely N-dealkylation sites (tertiary alicyclic amines) is 1. The minimum atomic E-state index is -0.642. The third kappa shape index (κ3) is 3.32. The average molecular weight is 388 g/mol. The van der Waals surface area contributed by atoms with E-state index in [0.29, 0.717) is 37.8 Å². The maximum Gasteiger partial charge on any atom is 0.231 e. The Morgan fingerprint density at radius 2 is 2.07 bits per heavy atom. The van der Waals surface area contributed by atoms with Gasteiger partial charge in [-0.05, 0) is 38.0 Å². The van der Waals surface area contributed by atoms with Crippen molar-refractivity contribution in [3.8, 4) is 11.5 Å². The molecule has 0 spiro atoms. The topological polar surface area (TPSA) is 77.1 Å². The van der Waals surface area contributed by atoms with Gasteiger partial charge in [-0.3, -0.25) is 9.59 Å². The second-order valence-electron chi connectivity index (χ2n) is 8.70. The van der Waals surface area contributed by atoms with Gasteiger partial charge in [-0.25, -0.2) is 0 Å². The van der Waals surface area contributed by atoms with Crippen molar-refractivity contribution in [2.45, 2.75) is 39.2 Å². The van der Waals surface area contributed by atoms with Crippen LogP contribution in [0.4, 0.5) is 0 Å². The molecule has 0 aromatic heterocycles. The van der Waals surface area contributed by atoms with E-state index in [1.54, 1.807) is 0 Å². The molecule has 0 saturated carbocycles. The van der Waals surface area contributed by atoms with Gasteiger partial charge >= 0.3 is 0 Å². The molecule has 4 rings (SSSR count). The number of carbonyl (C=O) groups excluding carboxylic acids is 2. The zero-order valence-corrected chi connectivity index (χ0v) is 16.7. The summed E-state index contributed by atoms with van der Waals surface area (Å²) in [6, 6.07) is 5.57. The summed E-state index contributed by atoms with van der Waals surface area (Å²) in [6.45, 7) is 8.16. The van der Waals surface area contributed by atoms with Crippen molar-refractivity contribution in [2.24, 2.45) is 11.3 Å². The normalized spacial score (nSPS) is 25.7. The Labute approximate surface area is 165 Å². The SMILES string of the molecule is CCC(C)(C)NC(=O)[C@]12COC[C@H]1CN(C(=O)Cc1ccc3c(c1)OCO3)C2. The number of rotatable bonds is 5. The molecule has 2 atom stereocenters. The van der Waals surface area contributed by atoms with Gasteiger partial charge in [0.2, 0.25) is 18.6 Å². The largest absolute Gasteiger partial charge is 0.454 e. The zero-order valence-electron chi connectivity index (χ0n) is 16.7. The Morgan fingerprint density at radius 3 is 2.86 bits per heavy atom. The van der Waals surface area contributed by atoms with Crippen molar-refractivity contribution in [2.75, 3.05) is 33.1 Å². The number of hydrogen-bond acceptors (Lipinski definition) is 5. The molecular weight excluding hydrogens is 360 g/mol. The smallest absolute Gasteiger partial charge is 0.231 e. The summed E-state index contributed by atoms with van der Waals surface area (Å²) in [7, 11) is 0. The van der Waals surface area contributed by atoms with E-state index in [1.807, 2.05) is 36.9 Å². The van der Waals surface area contributed by atoms with E-state index in [0.717, 1.165) is 12.0 Å². The molecule has 3 aliphatic rings. The van der Waals surface area contributed by atoms with Crippen LogP contribution in [0.1, 0.15) is 32.8 Å². The van der Waals surface area contributed by atoms with Gasteiger partial charge in [-0.2, -0.15) is 0 Å². The van der Waals surface area contributed by atoms with Gasteiger partial charge in [0.1, 0.15) is 0 Å².